The fourth-order valence-corrected chi connectivity index (χ4v) is 1.60. The molecule has 0 aliphatic heterocycles. The van der Waals surface area contributed by atoms with Gasteiger partial charge in [-0.3, -0.25) is 14.5 Å². The van der Waals surface area contributed by atoms with Crippen LogP contribution >= 0.6 is 0 Å². The van der Waals surface area contributed by atoms with Crippen LogP contribution < -0.4 is 0 Å². The van der Waals surface area contributed by atoms with Crippen LogP contribution in [0.25, 0.3) is 11.4 Å². The molecule has 1 atom stereocenters. The Morgan fingerprint density at radius 1 is 1.50 bits per heavy atom. The predicted molar refractivity (Wildman–Crippen MR) is 65.5 cm³/mol. The van der Waals surface area contributed by atoms with E-state index >= 15 is 0 Å². The highest BCUT2D eigenvalue weighted by atomic mass is 19.1. The van der Waals surface area contributed by atoms with Crippen molar-refractivity contribution < 1.29 is 18.2 Å². The van der Waals surface area contributed by atoms with Gasteiger partial charge in [-0.2, -0.15) is 4.98 Å². The van der Waals surface area contributed by atoms with Gasteiger partial charge >= 0.3 is 0 Å². The van der Waals surface area contributed by atoms with E-state index in [-0.39, 0.29) is 28.5 Å². The molecule has 2 rings (SSSR count). The van der Waals surface area contributed by atoms with Gasteiger partial charge in [0.15, 0.2) is 0 Å². The third-order valence-electron chi connectivity index (χ3n) is 2.87. The van der Waals surface area contributed by atoms with Crippen LogP contribution in [-0.2, 0) is 0 Å². The zero-order valence-electron chi connectivity index (χ0n) is 10.8. The lowest BCUT2D eigenvalue weighted by Gasteiger charge is -2.01. The molecule has 2 aromatic rings. The van der Waals surface area contributed by atoms with Gasteiger partial charge in [0.25, 0.3) is 5.69 Å². The number of nitro benzene ring substituents is 1. The SMILES string of the molecule is Cc1c(F)cc(-c2noc([C@@H](C)CF)n2)cc1[N+](=O)[O-]. The average molecular weight is 283 g/mol. The minimum Gasteiger partial charge on any atom is -0.339 e. The second kappa shape index (κ2) is 5.32. The van der Waals surface area contributed by atoms with E-state index in [0.717, 1.165) is 12.1 Å². The summed E-state index contributed by atoms with van der Waals surface area (Å²) in [5, 5.41) is 14.4. The number of hydrogen-bond acceptors (Lipinski definition) is 5. The van der Waals surface area contributed by atoms with Gasteiger partial charge in [-0.25, -0.2) is 4.39 Å². The molecule has 0 bridgehead atoms. The van der Waals surface area contributed by atoms with Crippen LogP contribution in [0, 0.1) is 22.9 Å². The maximum atomic E-state index is 13.7. The van der Waals surface area contributed by atoms with Crippen molar-refractivity contribution in [3.05, 3.63) is 39.5 Å². The number of halogens is 2. The Hall–Kier alpha value is -2.38. The van der Waals surface area contributed by atoms with E-state index in [1.165, 1.54) is 6.92 Å². The Kier molecular flexibility index (Phi) is 3.73. The lowest BCUT2D eigenvalue weighted by atomic mass is 10.1. The molecule has 0 saturated heterocycles. The van der Waals surface area contributed by atoms with Gasteiger partial charge in [0.1, 0.15) is 12.5 Å². The number of nitro groups is 1. The number of hydrogen-bond donors (Lipinski definition) is 0. The molecule has 0 N–H and O–H groups in total. The van der Waals surface area contributed by atoms with Crippen LogP contribution in [-0.4, -0.2) is 21.7 Å². The molecule has 0 amide bonds. The van der Waals surface area contributed by atoms with E-state index in [4.69, 9.17) is 4.52 Å². The van der Waals surface area contributed by atoms with Crippen LogP contribution in [0.15, 0.2) is 16.7 Å². The van der Waals surface area contributed by atoms with E-state index in [2.05, 4.69) is 10.1 Å². The van der Waals surface area contributed by atoms with Gasteiger partial charge in [0.05, 0.1) is 16.4 Å². The third kappa shape index (κ3) is 2.49. The molecule has 106 valence electrons. The lowest BCUT2D eigenvalue weighted by Crippen LogP contribution is -1.97. The van der Waals surface area contributed by atoms with Crippen molar-refractivity contribution in [3.8, 4) is 11.4 Å². The molecule has 0 aliphatic carbocycles. The monoisotopic (exact) mass is 283 g/mol. The summed E-state index contributed by atoms with van der Waals surface area (Å²) in [4.78, 5) is 14.1. The first-order valence-corrected chi connectivity index (χ1v) is 5.78. The molecule has 0 aliphatic rings. The van der Waals surface area contributed by atoms with E-state index in [1.54, 1.807) is 6.92 Å². The predicted octanol–water partition coefficient (Wildman–Crippen LogP) is 3.17. The maximum Gasteiger partial charge on any atom is 0.275 e. The number of rotatable bonds is 4. The van der Waals surface area contributed by atoms with Gasteiger partial charge in [0.2, 0.25) is 11.7 Å². The fraction of sp³-hybridized carbons (Fsp3) is 0.333. The summed E-state index contributed by atoms with van der Waals surface area (Å²) in [6.45, 7) is 2.18. The molecule has 0 spiro atoms. The van der Waals surface area contributed by atoms with Crippen molar-refractivity contribution in [2.75, 3.05) is 6.67 Å². The van der Waals surface area contributed by atoms with Gasteiger partial charge in [-0.05, 0) is 13.0 Å². The fourth-order valence-electron chi connectivity index (χ4n) is 1.60. The summed E-state index contributed by atoms with van der Waals surface area (Å²) in [5.41, 5.74) is -0.328. The third-order valence-corrected chi connectivity index (χ3v) is 2.87. The molecular weight excluding hydrogens is 272 g/mol. The molecular formula is C12H11F2N3O3. The Labute approximate surface area is 112 Å². The number of alkyl halides is 1. The Morgan fingerprint density at radius 2 is 2.20 bits per heavy atom. The Balaban J connectivity index is 2.48. The second-order valence-corrected chi connectivity index (χ2v) is 4.37. The molecule has 1 aromatic carbocycles. The Bertz CT molecular complexity index is 657. The summed E-state index contributed by atoms with van der Waals surface area (Å²) in [5.74, 6) is -1.27. The quantitative estimate of drug-likeness (QED) is 0.635. The summed E-state index contributed by atoms with van der Waals surface area (Å²) >= 11 is 0. The number of benzene rings is 1. The molecule has 1 heterocycles. The van der Waals surface area contributed by atoms with Gasteiger partial charge in [0, 0.05) is 11.6 Å². The first-order chi connectivity index (χ1) is 9.43. The highest BCUT2D eigenvalue weighted by Crippen LogP contribution is 2.28. The molecule has 8 heteroatoms. The molecule has 0 saturated carbocycles. The summed E-state index contributed by atoms with van der Waals surface area (Å²) in [6.07, 6.45) is 0. The van der Waals surface area contributed by atoms with Crippen LogP contribution in [0.4, 0.5) is 14.5 Å². The van der Waals surface area contributed by atoms with Crippen LogP contribution in [0.5, 0.6) is 0 Å². The van der Waals surface area contributed by atoms with Gasteiger partial charge in [-0.1, -0.05) is 12.1 Å². The van der Waals surface area contributed by atoms with E-state index in [9.17, 15) is 18.9 Å². The number of aromatic nitrogens is 2. The second-order valence-electron chi connectivity index (χ2n) is 4.37. The van der Waals surface area contributed by atoms with E-state index in [0.29, 0.717) is 0 Å². The van der Waals surface area contributed by atoms with Crippen molar-refractivity contribution in [3.63, 3.8) is 0 Å². The summed E-state index contributed by atoms with van der Waals surface area (Å²) in [7, 11) is 0. The first-order valence-electron chi connectivity index (χ1n) is 5.78. The molecule has 6 nitrogen and oxygen atoms in total. The largest absolute Gasteiger partial charge is 0.339 e. The number of nitrogens with zero attached hydrogens (tertiary/aromatic N) is 3. The standard InChI is InChI=1S/C12H11F2N3O3/c1-6(5-13)12-15-11(16-20-12)8-3-9(14)7(2)10(4-8)17(18)19/h3-4,6H,5H2,1-2H3/t6-/m0/s1. The van der Waals surface area contributed by atoms with Gasteiger partial charge < -0.3 is 4.52 Å². The highest BCUT2D eigenvalue weighted by Gasteiger charge is 2.20. The van der Waals surface area contributed by atoms with E-state index < -0.39 is 23.3 Å². The van der Waals surface area contributed by atoms with Crippen molar-refractivity contribution >= 4 is 5.69 Å². The summed E-state index contributed by atoms with van der Waals surface area (Å²) < 4.78 is 31.0. The van der Waals surface area contributed by atoms with Crippen LogP contribution in [0.2, 0.25) is 0 Å². The first kappa shape index (κ1) is 14.0. The normalized spacial score (nSPS) is 12.4. The van der Waals surface area contributed by atoms with Crippen molar-refractivity contribution in [2.45, 2.75) is 19.8 Å². The smallest absolute Gasteiger partial charge is 0.275 e. The highest BCUT2D eigenvalue weighted by molar-refractivity contribution is 5.61. The average Bonchev–Trinajstić information content (AvgIpc) is 2.90. The van der Waals surface area contributed by atoms with Crippen LogP contribution in [0.1, 0.15) is 24.3 Å². The van der Waals surface area contributed by atoms with Crippen molar-refractivity contribution in [1.29, 1.82) is 0 Å². The zero-order valence-corrected chi connectivity index (χ0v) is 10.8. The minimum absolute atomic E-state index is 0.0118. The molecule has 0 unspecified atom stereocenters. The Morgan fingerprint density at radius 3 is 2.80 bits per heavy atom. The zero-order chi connectivity index (χ0) is 14.9. The molecule has 0 fully saturated rings. The molecule has 20 heavy (non-hydrogen) atoms. The maximum absolute atomic E-state index is 13.7. The van der Waals surface area contributed by atoms with E-state index in [1.807, 2.05) is 0 Å². The summed E-state index contributed by atoms with van der Waals surface area (Å²) in [6, 6.07) is 2.24. The lowest BCUT2D eigenvalue weighted by molar-refractivity contribution is -0.385. The molecule has 0 radical (unpaired) electrons. The van der Waals surface area contributed by atoms with Gasteiger partial charge in [-0.15, -0.1) is 0 Å². The minimum atomic E-state index is -0.737. The molecule has 1 aromatic heterocycles. The van der Waals surface area contributed by atoms with Crippen molar-refractivity contribution in [2.24, 2.45) is 0 Å². The van der Waals surface area contributed by atoms with Crippen molar-refractivity contribution in [1.82, 2.24) is 10.1 Å². The van der Waals surface area contributed by atoms with Crippen LogP contribution in [0.3, 0.4) is 0 Å². The topological polar surface area (TPSA) is 82.1 Å².